The SMILES string of the molecule is CCN(CC)C(=O)Nc1ccc(S(=O)(=O)Nc2cc(C(F)(F)F)ccc2Cl)cc1. The molecule has 158 valence electrons. The molecule has 2 rings (SSSR count). The van der Waals surface area contributed by atoms with Gasteiger partial charge in [-0.05, 0) is 56.3 Å². The van der Waals surface area contributed by atoms with Gasteiger partial charge in [-0.2, -0.15) is 13.2 Å². The number of amides is 2. The minimum atomic E-state index is -4.64. The standard InChI is InChI=1S/C18H19ClF3N3O3S/c1-3-25(4-2)17(26)23-13-6-8-14(9-7-13)29(27,28)24-16-11-12(18(20,21)22)5-10-15(16)19/h5-11,24H,3-4H2,1-2H3,(H,23,26). The van der Waals surface area contributed by atoms with Crippen LogP contribution in [0.2, 0.25) is 5.02 Å². The van der Waals surface area contributed by atoms with Crippen LogP contribution in [-0.2, 0) is 16.2 Å². The fourth-order valence-corrected chi connectivity index (χ4v) is 3.71. The number of anilines is 2. The fraction of sp³-hybridized carbons (Fsp3) is 0.278. The Morgan fingerprint density at radius 3 is 2.17 bits per heavy atom. The number of sulfonamides is 1. The third-order valence-corrected chi connectivity index (χ3v) is 5.72. The van der Waals surface area contributed by atoms with Crippen LogP contribution in [0, 0.1) is 0 Å². The van der Waals surface area contributed by atoms with Crippen LogP contribution < -0.4 is 10.0 Å². The molecular weight excluding hydrogens is 431 g/mol. The van der Waals surface area contributed by atoms with Crippen LogP contribution >= 0.6 is 11.6 Å². The Labute approximate surface area is 171 Å². The summed E-state index contributed by atoms with van der Waals surface area (Å²) in [4.78, 5) is 13.4. The minimum absolute atomic E-state index is 0.176. The molecule has 0 atom stereocenters. The molecular formula is C18H19ClF3N3O3S. The van der Waals surface area contributed by atoms with Crippen LogP contribution in [0.1, 0.15) is 19.4 Å². The van der Waals surface area contributed by atoms with Crippen LogP contribution in [0.25, 0.3) is 0 Å². The summed E-state index contributed by atoms with van der Waals surface area (Å²) in [6.07, 6.45) is -4.64. The number of halogens is 4. The van der Waals surface area contributed by atoms with Crippen LogP contribution in [-0.4, -0.2) is 32.4 Å². The zero-order valence-corrected chi connectivity index (χ0v) is 17.1. The summed E-state index contributed by atoms with van der Waals surface area (Å²) in [5, 5.41) is 2.45. The highest BCUT2D eigenvalue weighted by atomic mass is 35.5. The number of hydrogen-bond acceptors (Lipinski definition) is 3. The molecule has 0 bridgehead atoms. The lowest BCUT2D eigenvalue weighted by molar-refractivity contribution is -0.137. The van der Waals surface area contributed by atoms with Crippen molar-refractivity contribution >= 4 is 39.0 Å². The molecule has 2 N–H and O–H groups in total. The first-order valence-corrected chi connectivity index (χ1v) is 10.4. The van der Waals surface area contributed by atoms with E-state index in [-0.39, 0.29) is 21.6 Å². The molecule has 6 nitrogen and oxygen atoms in total. The third kappa shape index (κ3) is 5.77. The molecule has 2 amide bonds. The van der Waals surface area contributed by atoms with Gasteiger partial charge in [-0.25, -0.2) is 13.2 Å². The van der Waals surface area contributed by atoms with Crippen molar-refractivity contribution in [1.82, 2.24) is 4.90 Å². The second kappa shape index (κ2) is 8.91. The number of alkyl halides is 3. The normalized spacial score (nSPS) is 11.8. The molecule has 0 heterocycles. The summed E-state index contributed by atoms with van der Waals surface area (Å²) in [5.41, 5.74) is -1.05. The number of rotatable bonds is 6. The van der Waals surface area contributed by atoms with Gasteiger partial charge in [-0.3, -0.25) is 4.72 Å². The maximum absolute atomic E-state index is 12.9. The molecule has 0 spiro atoms. The largest absolute Gasteiger partial charge is 0.416 e. The van der Waals surface area contributed by atoms with Crippen molar-refractivity contribution in [3.05, 3.63) is 53.1 Å². The Bertz CT molecular complexity index is 976. The lowest BCUT2D eigenvalue weighted by Gasteiger charge is -2.19. The number of urea groups is 1. The van der Waals surface area contributed by atoms with E-state index in [1.54, 1.807) is 4.90 Å². The molecule has 2 aromatic rings. The van der Waals surface area contributed by atoms with E-state index in [0.29, 0.717) is 24.8 Å². The Hall–Kier alpha value is -2.46. The van der Waals surface area contributed by atoms with Gasteiger partial charge in [0.05, 0.1) is 21.2 Å². The number of nitrogens with zero attached hydrogens (tertiary/aromatic N) is 1. The van der Waals surface area contributed by atoms with Gasteiger partial charge >= 0.3 is 12.2 Å². The quantitative estimate of drug-likeness (QED) is 0.649. The number of nitrogens with one attached hydrogen (secondary N) is 2. The molecule has 0 radical (unpaired) electrons. The van der Waals surface area contributed by atoms with Gasteiger partial charge in [0.15, 0.2) is 0 Å². The summed E-state index contributed by atoms with van der Waals surface area (Å²) < 4.78 is 65.6. The van der Waals surface area contributed by atoms with Crippen LogP contribution in [0.15, 0.2) is 47.4 Å². The summed E-state index contributed by atoms with van der Waals surface area (Å²) in [6, 6.07) is 7.22. The molecule has 0 saturated carbocycles. The molecule has 0 unspecified atom stereocenters. The van der Waals surface area contributed by atoms with E-state index in [1.165, 1.54) is 24.3 Å². The van der Waals surface area contributed by atoms with Gasteiger partial charge < -0.3 is 10.2 Å². The molecule has 2 aromatic carbocycles. The average molecular weight is 450 g/mol. The van der Waals surface area contributed by atoms with Gasteiger partial charge in [0.25, 0.3) is 10.0 Å². The molecule has 29 heavy (non-hydrogen) atoms. The van der Waals surface area contributed by atoms with Crippen molar-refractivity contribution in [3.63, 3.8) is 0 Å². The van der Waals surface area contributed by atoms with E-state index < -0.39 is 21.8 Å². The van der Waals surface area contributed by atoms with E-state index in [4.69, 9.17) is 11.6 Å². The third-order valence-electron chi connectivity index (χ3n) is 4.00. The molecule has 11 heteroatoms. The number of benzene rings is 2. The predicted octanol–water partition coefficient (Wildman–Crippen LogP) is 5.03. The van der Waals surface area contributed by atoms with Gasteiger partial charge in [0.2, 0.25) is 0 Å². The second-order valence-electron chi connectivity index (χ2n) is 5.92. The molecule has 0 aromatic heterocycles. The number of carbonyl (C=O) groups excluding carboxylic acids is 1. The first kappa shape index (κ1) is 22.8. The lowest BCUT2D eigenvalue weighted by atomic mass is 10.2. The number of hydrogen-bond donors (Lipinski definition) is 2. The van der Waals surface area contributed by atoms with Gasteiger partial charge in [0, 0.05) is 18.8 Å². The van der Waals surface area contributed by atoms with Gasteiger partial charge in [-0.15, -0.1) is 0 Å². The van der Waals surface area contributed by atoms with Crippen molar-refractivity contribution in [3.8, 4) is 0 Å². The smallest absolute Gasteiger partial charge is 0.325 e. The highest BCUT2D eigenvalue weighted by Gasteiger charge is 2.31. The maximum Gasteiger partial charge on any atom is 0.416 e. The van der Waals surface area contributed by atoms with Crippen LogP contribution in [0.5, 0.6) is 0 Å². The minimum Gasteiger partial charge on any atom is -0.325 e. The topological polar surface area (TPSA) is 78.5 Å². The average Bonchev–Trinajstić information content (AvgIpc) is 2.64. The monoisotopic (exact) mass is 449 g/mol. The van der Waals surface area contributed by atoms with E-state index in [2.05, 4.69) is 10.0 Å². The molecule has 0 aliphatic heterocycles. The lowest BCUT2D eigenvalue weighted by Crippen LogP contribution is -2.34. The highest BCUT2D eigenvalue weighted by Crippen LogP contribution is 2.34. The van der Waals surface area contributed by atoms with Crippen molar-refractivity contribution < 1.29 is 26.4 Å². The summed E-state index contributed by atoms with van der Waals surface area (Å²) in [6.45, 7) is 4.67. The number of carbonyl (C=O) groups is 1. The van der Waals surface area contributed by atoms with Crippen molar-refractivity contribution in [2.24, 2.45) is 0 Å². The maximum atomic E-state index is 12.9. The summed E-state index contributed by atoms with van der Waals surface area (Å²) in [5.74, 6) is 0. The molecule has 0 saturated heterocycles. The Morgan fingerprint density at radius 2 is 1.66 bits per heavy atom. The summed E-state index contributed by atoms with van der Waals surface area (Å²) in [7, 11) is -4.19. The van der Waals surface area contributed by atoms with E-state index in [0.717, 1.165) is 12.1 Å². The highest BCUT2D eigenvalue weighted by molar-refractivity contribution is 7.92. The first-order valence-electron chi connectivity index (χ1n) is 8.53. The van der Waals surface area contributed by atoms with Crippen molar-refractivity contribution in [2.45, 2.75) is 24.9 Å². The van der Waals surface area contributed by atoms with Crippen molar-refractivity contribution in [2.75, 3.05) is 23.1 Å². The van der Waals surface area contributed by atoms with E-state index in [1.807, 2.05) is 13.8 Å². The first-order chi connectivity index (χ1) is 13.5. The van der Waals surface area contributed by atoms with Crippen molar-refractivity contribution in [1.29, 1.82) is 0 Å². The predicted molar refractivity (Wildman–Crippen MR) is 106 cm³/mol. The molecule has 0 aliphatic carbocycles. The molecule has 0 fully saturated rings. The Kier molecular flexibility index (Phi) is 7.02. The van der Waals surface area contributed by atoms with E-state index in [9.17, 15) is 26.4 Å². The van der Waals surface area contributed by atoms with Crippen LogP contribution in [0.4, 0.5) is 29.3 Å². The zero-order chi connectivity index (χ0) is 21.8. The van der Waals surface area contributed by atoms with E-state index >= 15 is 0 Å². The van der Waals surface area contributed by atoms with Gasteiger partial charge in [0.1, 0.15) is 0 Å². The zero-order valence-electron chi connectivity index (χ0n) is 15.5. The fourth-order valence-electron chi connectivity index (χ4n) is 2.41. The molecule has 0 aliphatic rings. The Morgan fingerprint density at radius 1 is 1.07 bits per heavy atom. The Balaban J connectivity index is 2.21. The van der Waals surface area contributed by atoms with Gasteiger partial charge in [-0.1, -0.05) is 11.6 Å². The summed E-state index contributed by atoms with van der Waals surface area (Å²) >= 11 is 5.83. The van der Waals surface area contributed by atoms with Crippen LogP contribution in [0.3, 0.4) is 0 Å². The second-order valence-corrected chi connectivity index (χ2v) is 8.01.